The molecule has 0 aromatic rings. The Kier molecular flexibility index (Phi) is 4.93. The summed E-state index contributed by atoms with van der Waals surface area (Å²) in [4.78, 5) is 11.8. The summed E-state index contributed by atoms with van der Waals surface area (Å²) in [6, 6.07) is 0. The molecule has 3 atom stereocenters. The van der Waals surface area contributed by atoms with Crippen LogP contribution in [0.5, 0.6) is 0 Å². The minimum Gasteiger partial charge on any atom is -0.402 e. The highest BCUT2D eigenvalue weighted by Gasteiger charge is 2.34. The molecular weight excluding hydrogens is 230 g/mol. The standard InChI is InChI=1S/C13H23N3O2/c1-9-8-10(14)6-7-13(9,2)16-12(18)5-4-11(17)15-3/h4-6,9,11,15,17H,7-8,14H2,1-3H3,(H,16,18)/b5-4-. The molecule has 0 bridgehead atoms. The second-order valence-corrected chi connectivity index (χ2v) is 5.09. The molecule has 0 spiro atoms. The third kappa shape index (κ3) is 3.85. The first-order valence-electron chi connectivity index (χ1n) is 6.17. The zero-order valence-corrected chi connectivity index (χ0v) is 11.2. The normalized spacial score (nSPS) is 30.0. The number of carbonyl (C=O) groups excluding carboxylic acids is 1. The lowest BCUT2D eigenvalue weighted by Crippen LogP contribution is -2.51. The van der Waals surface area contributed by atoms with Gasteiger partial charge in [-0.3, -0.25) is 10.1 Å². The predicted octanol–water partition coefficient (Wildman–Crippen LogP) is 0.228. The minimum absolute atomic E-state index is 0.201. The smallest absolute Gasteiger partial charge is 0.244 e. The molecule has 102 valence electrons. The first-order valence-corrected chi connectivity index (χ1v) is 6.17. The molecule has 0 radical (unpaired) electrons. The average molecular weight is 253 g/mol. The molecule has 5 nitrogen and oxygen atoms in total. The lowest BCUT2D eigenvalue weighted by Gasteiger charge is -2.38. The molecule has 0 aromatic carbocycles. The van der Waals surface area contributed by atoms with Crippen molar-refractivity contribution in [2.45, 2.75) is 38.5 Å². The molecule has 1 amide bonds. The van der Waals surface area contributed by atoms with Crippen LogP contribution in [-0.4, -0.2) is 29.8 Å². The molecule has 1 aliphatic rings. The molecule has 0 fully saturated rings. The van der Waals surface area contributed by atoms with Crippen LogP contribution in [0, 0.1) is 5.92 Å². The highest BCUT2D eigenvalue weighted by atomic mass is 16.3. The third-order valence-corrected chi connectivity index (χ3v) is 3.55. The van der Waals surface area contributed by atoms with Crippen molar-refractivity contribution < 1.29 is 9.90 Å². The van der Waals surface area contributed by atoms with E-state index in [-0.39, 0.29) is 17.4 Å². The van der Waals surface area contributed by atoms with Crippen LogP contribution in [0.15, 0.2) is 23.9 Å². The van der Waals surface area contributed by atoms with E-state index in [2.05, 4.69) is 17.6 Å². The van der Waals surface area contributed by atoms with E-state index in [0.29, 0.717) is 0 Å². The summed E-state index contributed by atoms with van der Waals surface area (Å²) < 4.78 is 0. The van der Waals surface area contributed by atoms with Gasteiger partial charge in [-0.05, 0) is 38.8 Å². The van der Waals surface area contributed by atoms with Crippen molar-refractivity contribution >= 4 is 5.91 Å². The van der Waals surface area contributed by atoms with E-state index in [4.69, 9.17) is 5.73 Å². The van der Waals surface area contributed by atoms with Crippen LogP contribution in [0.25, 0.3) is 0 Å². The van der Waals surface area contributed by atoms with Crippen LogP contribution in [0.1, 0.15) is 26.7 Å². The quantitative estimate of drug-likeness (QED) is 0.426. The maximum atomic E-state index is 11.8. The molecule has 1 rings (SSSR count). The Morgan fingerprint density at radius 3 is 2.94 bits per heavy atom. The number of carbonyl (C=O) groups is 1. The van der Waals surface area contributed by atoms with Crippen molar-refractivity contribution in [2.75, 3.05) is 7.05 Å². The van der Waals surface area contributed by atoms with Gasteiger partial charge in [0.25, 0.3) is 0 Å². The van der Waals surface area contributed by atoms with Crippen LogP contribution < -0.4 is 16.4 Å². The lowest BCUT2D eigenvalue weighted by molar-refractivity contribution is -0.118. The van der Waals surface area contributed by atoms with Gasteiger partial charge in [-0.25, -0.2) is 0 Å². The zero-order chi connectivity index (χ0) is 13.8. The van der Waals surface area contributed by atoms with Crippen molar-refractivity contribution in [3.8, 4) is 0 Å². The van der Waals surface area contributed by atoms with Crippen LogP contribution >= 0.6 is 0 Å². The molecule has 1 aliphatic carbocycles. The number of aliphatic hydroxyl groups excluding tert-OH is 1. The first-order chi connectivity index (χ1) is 8.37. The number of nitrogens with one attached hydrogen (secondary N) is 2. The van der Waals surface area contributed by atoms with Gasteiger partial charge < -0.3 is 16.2 Å². The summed E-state index contributed by atoms with van der Waals surface area (Å²) in [6.45, 7) is 4.09. The van der Waals surface area contributed by atoms with Gasteiger partial charge in [0.2, 0.25) is 5.91 Å². The maximum Gasteiger partial charge on any atom is 0.244 e. The zero-order valence-electron chi connectivity index (χ0n) is 11.2. The Hall–Kier alpha value is -1.33. The van der Waals surface area contributed by atoms with Crippen molar-refractivity contribution in [1.29, 1.82) is 0 Å². The summed E-state index contributed by atoms with van der Waals surface area (Å²) in [5.74, 6) is 0.0848. The summed E-state index contributed by atoms with van der Waals surface area (Å²) >= 11 is 0. The van der Waals surface area contributed by atoms with Crippen molar-refractivity contribution in [3.05, 3.63) is 23.9 Å². The first kappa shape index (κ1) is 14.7. The Labute approximate surface area is 108 Å². The number of aliphatic hydroxyl groups is 1. The second kappa shape index (κ2) is 6.02. The van der Waals surface area contributed by atoms with E-state index < -0.39 is 6.23 Å². The van der Waals surface area contributed by atoms with Crippen molar-refractivity contribution in [2.24, 2.45) is 11.7 Å². The molecule has 0 heterocycles. The van der Waals surface area contributed by atoms with E-state index in [1.165, 1.54) is 12.2 Å². The van der Waals surface area contributed by atoms with Gasteiger partial charge in [-0.15, -0.1) is 0 Å². The monoisotopic (exact) mass is 253 g/mol. The molecule has 0 aromatic heterocycles. The van der Waals surface area contributed by atoms with Gasteiger partial charge in [0.05, 0.1) is 0 Å². The van der Waals surface area contributed by atoms with Gasteiger partial charge in [0.15, 0.2) is 0 Å². The van der Waals surface area contributed by atoms with Crippen LogP contribution in [-0.2, 0) is 4.79 Å². The topological polar surface area (TPSA) is 87.4 Å². The van der Waals surface area contributed by atoms with Gasteiger partial charge >= 0.3 is 0 Å². The Balaban J connectivity index is 2.61. The van der Waals surface area contributed by atoms with E-state index >= 15 is 0 Å². The second-order valence-electron chi connectivity index (χ2n) is 5.09. The molecule has 3 unspecified atom stereocenters. The Morgan fingerprint density at radius 1 is 1.72 bits per heavy atom. The fraction of sp³-hybridized carbons (Fsp3) is 0.615. The summed E-state index contributed by atoms with van der Waals surface area (Å²) in [7, 11) is 1.62. The molecule has 0 saturated carbocycles. The summed E-state index contributed by atoms with van der Waals surface area (Å²) in [6.07, 6.45) is 5.44. The Morgan fingerprint density at radius 2 is 2.39 bits per heavy atom. The predicted molar refractivity (Wildman–Crippen MR) is 71.4 cm³/mol. The van der Waals surface area contributed by atoms with E-state index in [0.717, 1.165) is 18.5 Å². The van der Waals surface area contributed by atoms with Crippen LogP contribution in [0.3, 0.4) is 0 Å². The number of rotatable bonds is 4. The summed E-state index contributed by atoms with van der Waals surface area (Å²) in [5.41, 5.74) is 6.39. The van der Waals surface area contributed by atoms with E-state index in [1.54, 1.807) is 7.05 Å². The minimum atomic E-state index is -0.803. The summed E-state index contributed by atoms with van der Waals surface area (Å²) in [5, 5.41) is 14.9. The number of hydrogen-bond acceptors (Lipinski definition) is 4. The Bertz CT molecular complexity index is 365. The fourth-order valence-electron chi connectivity index (χ4n) is 1.98. The number of allylic oxidation sites excluding steroid dienone is 1. The van der Waals surface area contributed by atoms with E-state index in [9.17, 15) is 9.90 Å². The van der Waals surface area contributed by atoms with E-state index in [1.807, 2.05) is 13.0 Å². The van der Waals surface area contributed by atoms with Crippen LogP contribution in [0.4, 0.5) is 0 Å². The molecule has 0 saturated heterocycles. The highest BCUT2D eigenvalue weighted by Crippen LogP contribution is 2.30. The van der Waals surface area contributed by atoms with Crippen molar-refractivity contribution in [3.63, 3.8) is 0 Å². The molecule has 5 N–H and O–H groups in total. The lowest BCUT2D eigenvalue weighted by atomic mass is 9.77. The third-order valence-electron chi connectivity index (χ3n) is 3.55. The largest absolute Gasteiger partial charge is 0.402 e. The number of amides is 1. The van der Waals surface area contributed by atoms with Gasteiger partial charge in [0.1, 0.15) is 6.23 Å². The number of hydrogen-bond donors (Lipinski definition) is 4. The number of likely N-dealkylation sites (N-methyl/N-ethyl adjacent to an activating group) is 1. The van der Waals surface area contributed by atoms with Gasteiger partial charge in [-0.1, -0.05) is 13.0 Å². The maximum absolute atomic E-state index is 11.8. The highest BCUT2D eigenvalue weighted by molar-refractivity contribution is 5.88. The van der Waals surface area contributed by atoms with Crippen LogP contribution in [0.2, 0.25) is 0 Å². The molecule has 0 aliphatic heterocycles. The molecular formula is C13H23N3O2. The fourth-order valence-corrected chi connectivity index (χ4v) is 1.98. The number of nitrogens with two attached hydrogens (primary N) is 1. The average Bonchev–Trinajstić information content (AvgIpc) is 2.32. The van der Waals surface area contributed by atoms with Gasteiger partial charge in [0, 0.05) is 17.3 Å². The van der Waals surface area contributed by atoms with Crippen molar-refractivity contribution in [1.82, 2.24) is 10.6 Å². The SMILES string of the molecule is CNC(O)/C=C\C(=O)NC1(C)CC=C(N)CC1C. The molecule has 5 heteroatoms. The van der Waals surface area contributed by atoms with Gasteiger partial charge in [-0.2, -0.15) is 0 Å². The molecule has 18 heavy (non-hydrogen) atoms.